The summed E-state index contributed by atoms with van der Waals surface area (Å²) in [5.41, 5.74) is 0.171. The van der Waals surface area contributed by atoms with Gasteiger partial charge in [-0.05, 0) is 18.9 Å². The second kappa shape index (κ2) is 5.08. The number of rotatable bonds is 5. The molecule has 0 aliphatic heterocycles. The van der Waals surface area contributed by atoms with Crippen LogP contribution in [0.4, 0.5) is 0 Å². The van der Waals surface area contributed by atoms with Gasteiger partial charge in [0, 0.05) is 17.8 Å². The summed E-state index contributed by atoms with van der Waals surface area (Å²) < 4.78 is 0. The van der Waals surface area contributed by atoms with Crippen molar-refractivity contribution >= 4 is 0 Å². The lowest BCUT2D eigenvalue weighted by Gasteiger charge is -2.26. The number of hydrogen-bond acceptors (Lipinski definition) is 2. The molecule has 0 spiro atoms. The number of aromatic nitrogens is 2. The molecule has 0 amide bonds. The van der Waals surface area contributed by atoms with Crippen molar-refractivity contribution in [2.45, 2.75) is 51.9 Å². The maximum absolute atomic E-state index is 4.38. The highest BCUT2D eigenvalue weighted by Crippen LogP contribution is 2.30. The summed E-state index contributed by atoms with van der Waals surface area (Å²) in [5.74, 6) is 1.00. The first-order valence-electron chi connectivity index (χ1n) is 5.50. The summed E-state index contributed by atoms with van der Waals surface area (Å²) in [6, 6.07) is 1.88. The average molecular weight is 192 g/mol. The van der Waals surface area contributed by atoms with Crippen LogP contribution in [0.25, 0.3) is 0 Å². The van der Waals surface area contributed by atoms with E-state index in [9.17, 15) is 0 Å². The van der Waals surface area contributed by atoms with E-state index in [2.05, 4.69) is 30.7 Å². The minimum absolute atomic E-state index is 0.171. The highest BCUT2D eigenvalue weighted by atomic mass is 14.9. The van der Waals surface area contributed by atoms with Gasteiger partial charge in [-0.15, -0.1) is 0 Å². The monoisotopic (exact) mass is 192 g/mol. The van der Waals surface area contributed by atoms with Crippen LogP contribution in [0.2, 0.25) is 0 Å². The lowest BCUT2D eigenvalue weighted by Crippen LogP contribution is -2.24. The Morgan fingerprint density at radius 1 is 1.07 bits per heavy atom. The zero-order valence-electron chi connectivity index (χ0n) is 9.45. The molecule has 0 bridgehead atoms. The molecule has 0 unspecified atom stereocenters. The van der Waals surface area contributed by atoms with Gasteiger partial charge in [0.05, 0.1) is 0 Å². The predicted molar refractivity (Wildman–Crippen MR) is 59.2 cm³/mol. The van der Waals surface area contributed by atoms with Gasteiger partial charge in [0.2, 0.25) is 0 Å². The van der Waals surface area contributed by atoms with Crippen LogP contribution in [-0.2, 0) is 5.41 Å². The molecule has 2 heteroatoms. The summed E-state index contributed by atoms with van der Waals surface area (Å²) in [7, 11) is 0. The van der Waals surface area contributed by atoms with Crippen molar-refractivity contribution in [1.29, 1.82) is 0 Å². The van der Waals surface area contributed by atoms with Gasteiger partial charge in [-0.2, -0.15) is 0 Å². The molecule has 0 N–H and O–H groups in total. The fourth-order valence-electron chi connectivity index (χ4n) is 2.06. The van der Waals surface area contributed by atoms with Gasteiger partial charge >= 0.3 is 0 Å². The zero-order valence-corrected chi connectivity index (χ0v) is 9.45. The summed E-state index contributed by atoms with van der Waals surface area (Å²) in [6.07, 6.45) is 8.40. The topological polar surface area (TPSA) is 25.8 Å². The molecule has 1 heterocycles. The Morgan fingerprint density at radius 3 is 2.00 bits per heavy atom. The molecule has 14 heavy (non-hydrogen) atoms. The summed E-state index contributed by atoms with van der Waals surface area (Å²) in [5, 5.41) is 0. The van der Waals surface area contributed by atoms with Crippen LogP contribution < -0.4 is 0 Å². The van der Waals surface area contributed by atoms with Crippen LogP contribution in [-0.4, -0.2) is 9.97 Å². The Bertz CT molecular complexity index is 250. The van der Waals surface area contributed by atoms with Gasteiger partial charge in [0.1, 0.15) is 5.82 Å². The molecule has 0 saturated carbocycles. The van der Waals surface area contributed by atoms with Gasteiger partial charge in [-0.25, -0.2) is 9.97 Å². The Kier molecular flexibility index (Phi) is 4.05. The van der Waals surface area contributed by atoms with Crippen molar-refractivity contribution in [1.82, 2.24) is 9.97 Å². The molecule has 0 saturated heterocycles. The van der Waals surface area contributed by atoms with E-state index < -0.39 is 0 Å². The SMILES string of the molecule is CCCC(C)(CCC)c1ncccn1. The first-order valence-corrected chi connectivity index (χ1v) is 5.50. The largest absolute Gasteiger partial charge is 0.241 e. The van der Waals surface area contributed by atoms with E-state index in [0.29, 0.717) is 0 Å². The van der Waals surface area contributed by atoms with Crippen molar-refractivity contribution in [2.75, 3.05) is 0 Å². The molecule has 0 radical (unpaired) electrons. The van der Waals surface area contributed by atoms with Crippen molar-refractivity contribution in [3.63, 3.8) is 0 Å². The standard InChI is InChI=1S/C12H20N2/c1-4-7-12(3,8-5-2)11-13-9-6-10-14-11/h6,9-10H,4-5,7-8H2,1-3H3. The number of nitrogens with zero attached hydrogens (tertiary/aromatic N) is 2. The van der Waals surface area contributed by atoms with Crippen molar-refractivity contribution in [3.8, 4) is 0 Å². The smallest absolute Gasteiger partial charge is 0.134 e. The molecule has 1 aromatic heterocycles. The fraction of sp³-hybridized carbons (Fsp3) is 0.667. The van der Waals surface area contributed by atoms with Crippen LogP contribution in [0.15, 0.2) is 18.5 Å². The average Bonchev–Trinajstić information content (AvgIpc) is 2.20. The minimum atomic E-state index is 0.171. The number of hydrogen-bond donors (Lipinski definition) is 0. The molecule has 1 rings (SSSR count). The van der Waals surface area contributed by atoms with Crippen molar-refractivity contribution < 1.29 is 0 Å². The molecule has 0 fully saturated rings. The lowest BCUT2D eigenvalue weighted by molar-refractivity contribution is 0.369. The Labute approximate surface area is 86.8 Å². The van der Waals surface area contributed by atoms with Gasteiger partial charge < -0.3 is 0 Å². The second-order valence-electron chi connectivity index (χ2n) is 4.13. The molecular formula is C12H20N2. The lowest BCUT2D eigenvalue weighted by atomic mass is 9.80. The predicted octanol–water partition coefficient (Wildman–Crippen LogP) is 3.33. The van der Waals surface area contributed by atoms with E-state index in [1.807, 2.05) is 18.5 Å². The molecule has 0 atom stereocenters. The Hall–Kier alpha value is -0.920. The molecule has 78 valence electrons. The maximum Gasteiger partial charge on any atom is 0.134 e. The molecular weight excluding hydrogens is 172 g/mol. The summed E-state index contributed by atoms with van der Waals surface area (Å²) in [6.45, 7) is 6.71. The van der Waals surface area contributed by atoms with Crippen LogP contribution in [0, 0.1) is 0 Å². The third kappa shape index (κ3) is 2.53. The fourth-order valence-corrected chi connectivity index (χ4v) is 2.06. The van der Waals surface area contributed by atoms with E-state index >= 15 is 0 Å². The normalized spacial score (nSPS) is 11.6. The molecule has 0 aliphatic carbocycles. The third-order valence-corrected chi connectivity index (χ3v) is 2.71. The minimum Gasteiger partial charge on any atom is -0.241 e. The van der Waals surface area contributed by atoms with Crippen LogP contribution in [0.1, 0.15) is 52.3 Å². The van der Waals surface area contributed by atoms with Crippen LogP contribution in [0.3, 0.4) is 0 Å². The molecule has 0 aromatic carbocycles. The van der Waals surface area contributed by atoms with Gasteiger partial charge in [-0.1, -0.05) is 33.6 Å². The van der Waals surface area contributed by atoms with Crippen LogP contribution >= 0.6 is 0 Å². The molecule has 1 aromatic rings. The van der Waals surface area contributed by atoms with E-state index in [-0.39, 0.29) is 5.41 Å². The Morgan fingerprint density at radius 2 is 1.57 bits per heavy atom. The van der Waals surface area contributed by atoms with E-state index in [1.165, 1.54) is 25.7 Å². The molecule has 2 nitrogen and oxygen atoms in total. The van der Waals surface area contributed by atoms with Crippen molar-refractivity contribution in [3.05, 3.63) is 24.3 Å². The van der Waals surface area contributed by atoms with Crippen molar-refractivity contribution in [2.24, 2.45) is 0 Å². The van der Waals surface area contributed by atoms with E-state index in [4.69, 9.17) is 0 Å². The zero-order chi connectivity index (χ0) is 10.4. The Balaban J connectivity index is 2.87. The first kappa shape index (κ1) is 11.2. The van der Waals surface area contributed by atoms with E-state index in [0.717, 1.165) is 5.82 Å². The highest BCUT2D eigenvalue weighted by molar-refractivity contribution is 5.05. The maximum atomic E-state index is 4.38. The summed E-state index contributed by atoms with van der Waals surface area (Å²) >= 11 is 0. The van der Waals surface area contributed by atoms with E-state index in [1.54, 1.807) is 0 Å². The van der Waals surface area contributed by atoms with Gasteiger partial charge in [0.15, 0.2) is 0 Å². The van der Waals surface area contributed by atoms with Gasteiger partial charge in [0.25, 0.3) is 0 Å². The second-order valence-corrected chi connectivity index (χ2v) is 4.13. The first-order chi connectivity index (χ1) is 6.73. The molecule has 0 aliphatic rings. The van der Waals surface area contributed by atoms with Crippen LogP contribution in [0.5, 0.6) is 0 Å². The van der Waals surface area contributed by atoms with Gasteiger partial charge in [-0.3, -0.25) is 0 Å². The summed E-state index contributed by atoms with van der Waals surface area (Å²) in [4.78, 5) is 8.75. The third-order valence-electron chi connectivity index (χ3n) is 2.71. The quantitative estimate of drug-likeness (QED) is 0.715. The highest BCUT2D eigenvalue weighted by Gasteiger charge is 2.27.